The van der Waals surface area contributed by atoms with Crippen molar-refractivity contribution in [1.82, 2.24) is 0 Å². The minimum Gasteiger partial charge on any atom is -0.493 e. The van der Waals surface area contributed by atoms with E-state index >= 15 is 0 Å². The van der Waals surface area contributed by atoms with Gasteiger partial charge in [0.25, 0.3) is 0 Å². The van der Waals surface area contributed by atoms with Crippen molar-refractivity contribution in [3.05, 3.63) is 112 Å². The predicted molar refractivity (Wildman–Crippen MR) is 167 cm³/mol. The Labute approximate surface area is 257 Å². The van der Waals surface area contributed by atoms with Crippen LogP contribution in [-0.2, 0) is 18.0 Å². The van der Waals surface area contributed by atoms with Gasteiger partial charge in [-0.25, -0.2) is 0 Å². The van der Waals surface area contributed by atoms with Gasteiger partial charge in [0.15, 0.2) is 23.0 Å². The molecule has 1 N–H and O–H groups in total. The Kier molecular flexibility index (Phi) is 9.72. The van der Waals surface area contributed by atoms with Crippen molar-refractivity contribution < 1.29 is 38.3 Å². The summed E-state index contributed by atoms with van der Waals surface area (Å²) in [5, 5.41) is 10.7. The second-order valence-electron chi connectivity index (χ2n) is 10.3. The van der Waals surface area contributed by atoms with E-state index in [9.17, 15) is 9.90 Å². The zero-order chi connectivity index (χ0) is 31.1. The SMILES string of the molecule is COc1cc([C@@H]2c3c(cc(OC)c(OCc4ccccc4)c3OC)C=C(C=O)[C@H]2CO)cc(OC)c1OCc1ccccc1. The highest BCUT2D eigenvalue weighted by Gasteiger charge is 2.38. The first-order chi connectivity index (χ1) is 21.6. The molecule has 0 unspecified atom stereocenters. The maximum absolute atomic E-state index is 12.3. The Morgan fingerprint density at radius 3 is 1.68 bits per heavy atom. The Balaban J connectivity index is 1.65. The van der Waals surface area contributed by atoms with Crippen LogP contribution in [0.1, 0.15) is 33.7 Å². The molecule has 1 aliphatic carbocycles. The molecule has 0 bridgehead atoms. The fraction of sp³-hybridized carbons (Fsp3) is 0.250. The number of hydrogen-bond acceptors (Lipinski definition) is 8. The summed E-state index contributed by atoms with van der Waals surface area (Å²) < 4.78 is 35.8. The van der Waals surface area contributed by atoms with E-state index in [1.807, 2.05) is 78.9 Å². The Morgan fingerprint density at radius 2 is 1.20 bits per heavy atom. The minimum atomic E-state index is -0.588. The molecule has 0 spiro atoms. The number of aldehydes is 1. The molecule has 1 aliphatic rings. The third-order valence-corrected chi connectivity index (χ3v) is 7.79. The fourth-order valence-corrected chi connectivity index (χ4v) is 5.67. The van der Waals surface area contributed by atoms with Gasteiger partial charge < -0.3 is 33.5 Å². The van der Waals surface area contributed by atoms with Gasteiger partial charge in [-0.3, -0.25) is 4.79 Å². The highest BCUT2D eigenvalue weighted by molar-refractivity contribution is 5.87. The van der Waals surface area contributed by atoms with Gasteiger partial charge in [-0.1, -0.05) is 60.7 Å². The molecule has 8 nitrogen and oxygen atoms in total. The van der Waals surface area contributed by atoms with Crippen LogP contribution in [0, 0.1) is 5.92 Å². The van der Waals surface area contributed by atoms with Crippen molar-refractivity contribution in [1.29, 1.82) is 0 Å². The quantitative estimate of drug-likeness (QED) is 0.182. The van der Waals surface area contributed by atoms with Crippen molar-refractivity contribution in [3.63, 3.8) is 0 Å². The number of aliphatic hydroxyl groups excluding tert-OH is 1. The monoisotopic (exact) mass is 596 g/mol. The number of fused-ring (bicyclic) bond motifs is 1. The number of benzene rings is 4. The number of carbonyl (C=O) groups is 1. The number of aliphatic hydroxyl groups is 1. The highest BCUT2D eigenvalue weighted by Crippen LogP contribution is 2.54. The van der Waals surface area contributed by atoms with Crippen LogP contribution in [0.15, 0.2) is 84.4 Å². The molecule has 2 atom stereocenters. The normalized spacial score (nSPS) is 15.4. The molecule has 0 saturated heterocycles. The molecule has 0 aromatic heterocycles. The lowest BCUT2D eigenvalue weighted by molar-refractivity contribution is -0.105. The third-order valence-electron chi connectivity index (χ3n) is 7.79. The summed E-state index contributed by atoms with van der Waals surface area (Å²) in [4.78, 5) is 12.3. The molecule has 4 aromatic carbocycles. The summed E-state index contributed by atoms with van der Waals surface area (Å²) in [6.45, 7) is 0.304. The summed E-state index contributed by atoms with van der Waals surface area (Å²) in [5.41, 5.74) is 4.59. The molecule has 5 rings (SSSR count). The summed E-state index contributed by atoms with van der Waals surface area (Å²) in [6, 6.07) is 25.1. The van der Waals surface area contributed by atoms with Crippen LogP contribution in [0.3, 0.4) is 0 Å². The molecule has 4 aromatic rings. The molecule has 0 saturated carbocycles. The van der Waals surface area contributed by atoms with Crippen LogP contribution in [0.25, 0.3) is 6.08 Å². The summed E-state index contributed by atoms with van der Waals surface area (Å²) in [7, 11) is 6.24. The Hall–Kier alpha value is -4.95. The van der Waals surface area contributed by atoms with Crippen molar-refractivity contribution in [3.8, 4) is 34.5 Å². The molecule has 0 amide bonds. The van der Waals surface area contributed by atoms with Gasteiger partial charge in [0.2, 0.25) is 11.5 Å². The van der Waals surface area contributed by atoms with E-state index in [0.29, 0.717) is 52.2 Å². The molecule has 228 valence electrons. The van der Waals surface area contributed by atoms with Crippen LogP contribution in [0.5, 0.6) is 34.5 Å². The van der Waals surface area contributed by atoms with Crippen molar-refractivity contribution >= 4 is 12.4 Å². The first kappa shape index (κ1) is 30.5. The molecule has 8 heteroatoms. The van der Waals surface area contributed by atoms with Gasteiger partial charge in [-0.05, 0) is 52.1 Å². The van der Waals surface area contributed by atoms with E-state index in [1.54, 1.807) is 34.5 Å². The molecule has 0 aliphatic heterocycles. The first-order valence-electron chi connectivity index (χ1n) is 14.2. The average Bonchev–Trinajstić information content (AvgIpc) is 3.08. The smallest absolute Gasteiger partial charge is 0.204 e. The van der Waals surface area contributed by atoms with E-state index in [4.69, 9.17) is 28.4 Å². The van der Waals surface area contributed by atoms with Gasteiger partial charge in [0.05, 0.1) is 35.0 Å². The van der Waals surface area contributed by atoms with Crippen molar-refractivity contribution in [2.45, 2.75) is 19.1 Å². The minimum absolute atomic E-state index is 0.283. The number of hydrogen-bond donors (Lipinski definition) is 1. The average molecular weight is 597 g/mol. The number of ether oxygens (including phenoxy) is 6. The van der Waals surface area contributed by atoms with Crippen LogP contribution in [-0.4, -0.2) is 46.4 Å². The van der Waals surface area contributed by atoms with E-state index in [2.05, 4.69) is 0 Å². The Morgan fingerprint density at radius 1 is 0.682 bits per heavy atom. The van der Waals surface area contributed by atoms with Gasteiger partial charge in [0.1, 0.15) is 19.5 Å². The molecular weight excluding hydrogens is 560 g/mol. The lowest BCUT2D eigenvalue weighted by Crippen LogP contribution is -2.26. The first-order valence-corrected chi connectivity index (χ1v) is 14.2. The lowest BCUT2D eigenvalue weighted by Gasteiger charge is -2.34. The van der Waals surface area contributed by atoms with E-state index in [1.165, 1.54) is 0 Å². The fourth-order valence-electron chi connectivity index (χ4n) is 5.67. The van der Waals surface area contributed by atoms with Crippen LogP contribution >= 0.6 is 0 Å². The number of rotatable bonds is 13. The summed E-state index contributed by atoms with van der Waals surface area (Å²) >= 11 is 0. The van der Waals surface area contributed by atoms with Crippen LogP contribution < -0.4 is 28.4 Å². The zero-order valence-electron chi connectivity index (χ0n) is 25.2. The molecule has 0 fully saturated rings. The van der Waals surface area contributed by atoms with E-state index in [0.717, 1.165) is 28.5 Å². The lowest BCUT2D eigenvalue weighted by atomic mass is 9.71. The van der Waals surface area contributed by atoms with Crippen molar-refractivity contribution in [2.75, 3.05) is 35.0 Å². The summed E-state index contributed by atoms with van der Waals surface area (Å²) in [6.07, 6.45) is 2.54. The van der Waals surface area contributed by atoms with E-state index in [-0.39, 0.29) is 13.2 Å². The second-order valence-corrected chi connectivity index (χ2v) is 10.3. The maximum Gasteiger partial charge on any atom is 0.204 e. The molecule has 0 heterocycles. The summed E-state index contributed by atoms with van der Waals surface area (Å²) in [5.74, 6) is 1.54. The standard InChI is InChI=1S/C36H36O8/c1-39-29-17-26(18-30(40-2)34(29)43-21-23-11-7-5-8-12-23)32-28(20-38)27(19-37)15-25-16-31(41-3)35(36(42-4)33(25)32)44-22-24-13-9-6-10-14-24/h5-19,28,32,38H,20-22H2,1-4H3/t28-,32+/m1/s1. The second kappa shape index (κ2) is 14.0. The van der Waals surface area contributed by atoms with Gasteiger partial charge in [-0.2, -0.15) is 0 Å². The topological polar surface area (TPSA) is 92.7 Å². The van der Waals surface area contributed by atoms with Gasteiger partial charge in [0, 0.05) is 17.4 Å². The maximum atomic E-state index is 12.3. The van der Waals surface area contributed by atoms with Gasteiger partial charge in [-0.15, -0.1) is 0 Å². The van der Waals surface area contributed by atoms with Crippen LogP contribution in [0.2, 0.25) is 0 Å². The van der Waals surface area contributed by atoms with Gasteiger partial charge >= 0.3 is 0 Å². The van der Waals surface area contributed by atoms with Crippen molar-refractivity contribution in [2.24, 2.45) is 5.92 Å². The molecule has 44 heavy (non-hydrogen) atoms. The number of methoxy groups -OCH3 is 4. The Bertz CT molecular complexity index is 1590. The highest BCUT2D eigenvalue weighted by atomic mass is 16.5. The number of carbonyl (C=O) groups excluding carboxylic acids is 1. The third kappa shape index (κ3) is 6.07. The molecular formula is C36H36O8. The molecule has 0 radical (unpaired) electrons. The largest absolute Gasteiger partial charge is 0.493 e. The predicted octanol–water partition coefficient (Wildman–Crippen LogP) is 6.22. The zero-order valence-corrected chi connectivity index (χ0v) is 25.2. The van der Waals surface area contributed by atoms with E-state index < -0.39 is 11.8 Å². The van der Waals surface area contributed by atoms with Crippen LogP contribution in [0.4, 0.5) is 0 Å².